The van der Waals surface area contributed by atoms with Crippen molar-refractivity contribution in [2.24, 2.45) is 0 Å². The van der Waals surface area contributed by atoms with E-state index in [9.17, 15) is 18.0 Å². The Hall–Kier alpha value is -3.69. The van der Waals surface area contributed by atoms with Crippen LogP contribution in [0.4, 0.5) is 13.2 Å². The van der Waals surface area contributed by atoms with Gasteiger partial charge in [-0.15, -0.1) is 0 Å². The van der Waals surface area contributed by atoms with Crippen molar-refractivity contribution < 1.29 is 18.0 Å². The molecule has 4 aromatic rings. The van der Waals surface area contributed by atoms with Crippen LogP contribution in [-0.4, -0.2) is 36.1 Å². The van der Waals surface area contributed by atoms with E-state index in [2.05, 4.69) is 20.4 Å². The zero-order chi connectivity index (χ0) is 26.7. The van der Waals surface area contributed by atoms with Crippen molar-refractivity contribution in [2.75, 3.05) is 0 Å². The number of benzene rings is 1. The molecule has 37 heavy (non-hydrogen) atoms. The van der Waals surface area contributed by atoms with Gasteiger partial charge in [-0.2, -0.15) is 18.3 Å². The molecule has 196 valence electrons. The molecular formula is C27H31F3N6O. The van der Waals surface area contributed by atoms with Crippen LogP contribution >= 0.6 is 0 Å². The molecule has 0 aliphatic rings. The number of carbonyl (C=O) groups is 1. The number of imidazole rings is 1. The van der Waals surface area contributed by atoms with Crippen molar-refractivity contribution in [3.63, 3.8) is 0 Å². The minimum absolute atomic E-state index is 0.0180. The van der Waals surface area contributed by atoms with Crippen LogP contribution in [0.1, 0.15) is 73.4 Å². The number of hydrogen-bond donors (Lipinski definition) is 1. The number of fused-ring (bicyclic) bond motifs is 1. The van der Waals surface area contributed by atoms with Gasteiger partial charge >= 0.3 is 6.18 Å². The van der Waals surface area contributed by atoms with Crippen molar-refractivity contribution >= 4 is 11.6 Å². The summed E-state index contributed by atoms with van der Waals surface area (Å²) in [6.07, 6.45) is 4.05. The number of aromatic nitrogens is 5. The molecule has 0 unspecified atom stereocenters. The van der Waals surface area contributed by atoms with Crippen molar-refractivity contribution in [3.05, 3.63) is 71.1 Å². The highest BCUT2D eigenvalue weighted by molar-refractivity contribution is 5.96. The Balaban J connectivity index is 1.69. The summed E-state index contributed by atoms with van der Waals surface area (Å²) in [4.78, 5) is 21.6. The summed E-state index contributed by atoms with van der Waals surface area (Å²) >= 11 is 0. The summed E-state index contributed by atoms with van der Waals surface area (Å²) < 4.78 is 44.2. The van der Waals surface area contributed by atoms with Crippen LogP contribution in [0.3, 0.4) is 0 Å². The Morgan fingerprint density at radius 1 is 1.16 bits per heavy atom. The average Bonchev–Trinajstić information content (AvgIpc) is 3.49. The molecule has 0 saturated carbocycles. The predicted molar refractivity (Wildman–Crippen MR) is 135 cm³/mol. The summed E-state index contributed by atoms with van der Waals surface area (Å²) in [5, 5.41) is 6.80. The fourth-order valence-electron chi connectivity index (χ4n) is 4.33. The SMILES string of the molecule is CCCn1cc(-c2cnc3c(Cc4ccc(C(=O)N[C@H](C)CC)c(CC)c4)nccn23)c(C(F)(F)F)n1. The van der Waals surface area contributed by atoms with Gasteiger partial charge in [0.1, 0.15) is 0 Å². The maximum atomic E-state index is 13.8. The zero-order valence-corrected chi connectivity index (χ0v) is 21.4. The molecule has 1 atom stereocenters. The highest BCUT2D eigenvalue weighted by Gasteiger charge is 2.38. The van der Waals surface area contributed by atoms with E-state index in [0.717, 1.165) is 17.5 Å². The molecule has 1 aromatic carbocycles. The Morgan fingerprint density at radius 2 is 1.95 bits per heavy atom. The van der Waals surface area contributed by atoms with Crippen LogP contribution in [-0.2, 0) is 25.6 Å². The Kier molecular flexibility index (Phi) is 7.65. The Bertz CT molecular complexity index is 1410. The van der Waals surface area contributed by atoms with Crippen molar-refractivity contribution in [2.45, 2.75) is 72.1 Å². The first-order valence-corrected chi connectivity index (χ1v) is 12.5. The molecule has 3 heterocycles. The first-order valence-electron chi connectivity index (χ1n) is 12.5. The third-order valence-corrected chi connectivity index (χ3v) is 6.42. The number of halogens is 3. The van der Waals surface area contributed by atoms with Gasteiger partial charge in [0.2, 0.25) is 0 Å². The lowest BCUT2D eigenvalue weighted by Gasteiger charge is -2.14. The lowest BCUT2D eigenvalue weighted by molar-refractivity contribution is -0.141. The monoisotopic (exact) mass is 512 g/mol. The molecule has 1 N–H and O–H groups in total. The maximum Gasteiger partial charge on any atom is 0.435 e. The summed E-state index contributed by atoms with van der Waals surface area (Å²) in [5.41, 5.74) is 2.97. The molecule has 0 bridgehead atoms. The van der Waals surface area contributed by atoms with E-state index in [1.54, 1.807) is 16.8 Å². The van der Waals surface area contributed by atoms with E-state index in [-0.39, 0.29) is 17.5 Å². The minimum atomic E-state index is -4.59. The summed E-state index contributed by atoms with van der Waals surface area (Å²) in [6.45, 7) is 8.25. The molecular weight excluding hydrogens is 481 g/mol. The number of rotatable bonds is 9. The normalized spacial score (nSPS) is 12.7. The summed E-state index contributed by atoms with van der Waals surface area (Å²) in [6, 6.07) is 5.77. The first-order chi connectivity index (χ1) is 17.7. The number of nitrogens with one attached hydrogen (secondary N) is 1. The van der Waals surface area contributed by atoms with Gasteiger partial charge in [-0.3, -0.25) is 18.9 Å². The number of carbonyl (C=O) groups excluding carboxylic acids is 1. The second-order valence-corrected chi connectivity index (χ2v) is 9.17. The van der Waals surface area contributed by atoms with Gasteiger partial charge in [0.05, 0.1) is 23.1 Å². The van der Waals surface area contributed by atoms with Gasteiger partial charge in [0, 0.05) is 43.2 Å². The van der Waals surface area contributed by atoms with E-state index >= 15 is 0 Å². The smallest absolute Gasteiger partial charge is 0.350 e. The molecule has 0 spiro atoms. The molecule has 3 aromatic heterocycles. The van der Waals surface area contributed by atoms with Crippen LogP contribution in [0.15, 0.2) is 43.0 Å². The quantitative estimate of drug-likeness (QED) is 0.312. The molecule has 0 fully saturated rings. The second-order valence-electron chi connectivity index (χ2n) is 9.17. The largest absolute Gasteiger partial charge is 0.435 e. The molecule has 1 amide bonds. The number of nitrogens with zero attached hydrogens (tertiary/aromatic N) is 5. The lowest BCUT2D eigenvalue weighted by atomic mass is 9.98. The molecule has 0 saturated heterocycles. The van der Waals surface area contributed by atoms with Gasteiger partial charge < -0.3 is 5.32 Å². The standard InChI is InChI=1S/C27H31F3N6O/c1-5-11-35-16-21(24(34-35)27(28,29)30)23-15-32-25-22(31-10-12-36(23)25)14-18-8-9-20(19(7-3)13-18)26(37)33-17(4)6-2/h8-10,12-13,15-17H,5-7,11,14H2,1-4H3,(H,33,37)/t17-/m1/s1. The van der Waals surface area contributed by atoms with E-state index in [1.165, 1.54) is 17.1 Å². The van der Waals surface area contributed by atoms with Crippen molar-refractivity contribution in [1.29, 1.82) is 0 Å². The molecule has 0 aliphatic heterocycles. The third kappa shape index (κ3) is 5.52. The van der Waals surface area contributed by atoms with Crippen molar-refractivity contribution in [3.8, 4) is 11.3 Å². The highest BCUT2D eigenvalue weighted by atomic mass is 19.4. The lowest BCUT2D eigenvalue weighted by Crippen LogP contribution is -2.32. The topological polar surface area (TPSA) is 77.1 Å². The van der Waals surface area contributed by atoms with Gasteiger partial charge in [0.25, 0.3) is 5.91 Å². The van der Waals surface area contributed by atoms with Gasteiger partial charge in [-0.25, -0.2) is 4.98 Å². The van der Waals surface area contributed by atoms with Gasteiger partial charge in [-0.05, 0) is 43.4 Å². The van der Waals surface area contributed by atoms with E-state index < -0.39 is 11.9 Å². The van der Waals surface area contributed by atoms with E-state index in [4.69, 9.17) is 0 Å². The Morgan fingerprint density at radius 3 is 2.62 bits per heavy atom. The number of alkyl halides is 3. The van der Waals surface area contributed by atoms with Crippen molar-refractivity contribution in [1.82, 2.24) is 29.5 Å². The minimum Gasteiger partial charge on any atom is -0.350 e. The number of hydrogen-bond acceptors (Lipinski definition) is 4. The number of aryl methyl sites for hydroxylation is 2. The summed E-state index contributed by atoms with van der Waals surface area (Å²) in [5.74, 6) is -0.0973. The van der Waals surface area contributed by atoms with Crippen LogP contribution in [0.25, 0.3) is 16.9 Å². The van der Waals surface area contributed by atoms with Crippen LogP contribution < -0.4 is 5.32 Å². The molecule has 0 aliphatic carbocycles. The van der Waals surface area contributed by atoms with Gasteiger partial charge in [0.15, 0.2) is 11.3 Å². The molecule has 7 nitrogen and oxygen atoms in total. The van der Waals surface area contributed by atoms with E-state index in [1.807, 2.05) is 45.9 Å². The Labute approximate surface area is 213 Å². The van der Waals surface area contributed by atoms with Crippen LogP contribution in [0.2, 0.25) is 0 Å². The summed E-state index contributed by atoms with van der Waals surface area (Å²) in [7, 11) is 0. The van der Waals surface area contributed by atoms with Crippen LogP contribution in [0.5, 0.6) is 0 Å². The molecule has 4 rings (SSSR count). The fraction of sp³-hybridized carbons (Fsp3) is 0.407. The first kappa shape index (κ1) is 26.4. The fourth-order valence-corrected chi connectivity index (χ4v) is 4.33. The maximum absolute atomic E-state index is 13.8. The predicted octanol–water partition coefficient (Wildman–Crippen LogP) is 5.70. The molecule has 10 heteroatoms. The molecule has 0 radical (unpaired) electrons. The zero-order valence-electron chi connectivity index (χ0n) is 21.4. The third-order valence-electron chi connectivity index (χ3n) is 6.42. The van der Waals surface area contributed by atoms with Crippen LogP contribution in [0, 0.1) is 0 Å². The van der Waals surface area contributed by atoms with E-state index in [0.29, 0.717) is 48.4 Å². The second kappa shape index (κ2) is 10.7. The number of amides is 1. The highest BCUT2D eigenvalue weighted by Crippen LogP contribution is 2.36. The van der Waals surface area contributed by atoms with Gasteiger partial charge in [-0.1, -0.05) is 32.9 Å². The average molecular weight is 513 g/mol.